The smallest absolute Gasteiger partial charge is 0.320 e. The SMILES string of the molecule is CCc1cc(OC)c(Cl)cc1CC(N)C(=O)O. The van der Waals surface area contributed by atoms with Gasteiger partial charge in [-0.2, -0.15) is 0 Å². The summed E-state index contributed by atoms with van der Waals surface area (Å²) in [6, 6.07) is 2.64. The molecule has 1 aromatic rings. The molecule has 1 unspecified atom stereocenters. The third kappa shape index (κ3) is 3.35. The molecule has 1 aromatic carbocycles. The summed E-state index contributed by atoms with van der Waals surface area (Å²) in [7, 11) is 1.54. The van der Waals surface area contributed by atoms with Crippen molar-refractivity contribution in [1.29, 1.82) is 0 Å². The maximum Gasteiger partial charge on any atom is 0.320 e. The number of nitrogens with two attached hydrogens (primary N) is 1. The number of aliphatic carboxylic acids is 1. The second-order valence-electron chi connectivity index (χ2n) is 3.76. The van der Waals surface area contributed by atoms with E-state index >= 15 is 0 Å². The van der Waals surface area contributed by atoms with Gasteiger partial charge in [-0.05, 0) is 36.1 Å². The topological polar surface area (TPSA) is 72.5 Å². The Bertz CT molecular complexity index is 420. The number of halogens is 1. The number of aryl methyl sites for hydroxylation is 1. The average Bonchev–Trinajstić information content (AvgIpc) is 2.29. The van der Waals surface area contributed by atoms with Gasteiger partial charge in [-0.1, -0.05) is 18.5 Å². The van der Waals surface area contributed by atoms with Crippen LogP contribution in [-0.2, 0) is 17.6 Å². The average molecular weight is 258 g/mol. The number of rotatable bonds is 5. The van der Waals surface area contributed by atoms with Crippen LogP contribution in [0.3, 0.4) is 0 Å². The molecule has 0 aliphatic rings. The van der Waals surface area contributed by atoms with Gasteiger partial charge in [-0.25, -0.2) is 0 Å². The molecule has 0 aliphatic heterocycles. The Balaban J connectivity index is 3.06. The van der Waals surface area contributed by atoms with Crippen LogP contribution in [0.25, 0.3) is 0 Å². The zero-order valence-corrected chi connectivity index (χ0v) is 10.6. The zero-order valence-electron chi connectivity index (χ0n) is 9.87. The van der Waals surface area contributed by atoms with E-state index in [9.17, 15) is 4.79 Å². The summed E-state index contributed by atoms with van der Waals surface area (Å²) in [5, 5.41) is 9.26. The zero-order chi connectivity index (χ0) is 13.0. The first-order chi connectivity index (χ1) is 7.99. The number of ether oxygens (including phenoxy) is 1. The van der Waals surface area contributed by atoms with Crippen LogP contribution in [0.1, 0.15) is 18.1 Å². The van der Waals surface area contributed by atoms with Crippen molar-refractivity contribution in [2.45, 2.75) is 25.8 Å². The molecular weight excluding hydrogens is 242 g/mol. The molecule has 1 rings (SSSR count). The number of benzene rings is 1. The summed E-state index contributed by atoms with van der Waals surface area (Å²) in [6.07, 6.45) is 1.04. The van der Waals surface area contributed by atoms with Crippen molar-refractivity contribution in [3.8, 4) is 5.75 Å². The second-order valence-corrected chi connectivity index (χ2v) is 4.17. The molecule has 0 radical (unpaired) electrons. The van der Waals surface area contributed by atoms with Crippen LogP contribution in [0.5, 0.6) is 5.75 Å². The Morgan fingerprint density at radius 1 is 1.53 bits per heavy atom. The highest BCUT2D eigenvalue weighted by molar-refractivity contribution is 6.32. The lowest BCUT2D eigenvalue weighted by Gasteiger charge is -2.13. The van der Waals surface area contributed by atoms with Gasteiger partial charge in [0.25, 0.3) is 0 Å². The fraction of sp³-hybridized carbons (Fsp3) is 0.417. The van der Waals surface area contributed by atoms with E-state index in [1.165, 1.54) is 0 Å². The molecule has 0 heterocycles. The molecule has 3 N–H and O–H groups in total. The molecule has 4 nitrogen and oxygen atoms in total. The van der Waals surface area contributed by atoms with Crippen molar-refractivity contribution in [2.24, 2.45) is 5.73 Å². The fourth-order valence-electron chi connectivity index (χ4n) is 1.64. The van der Waals surface area contributed by atoms with Crippen LogP contribution in [0.15, 0.2) is 12.1 Å². The predicted octanol–water partition coefficient (Wildman–Crippen LogP) is 1.87. The number of methoxy groups -OCH3 is 1. The van der Waals surface area contributed by atoms with Crippen molar-refractivity contribution in [2.75, 3.05) is 7.11 Å². The first kappa shape index (κ1) is 13.8. The van der Waals surface area contributed by atoms with Gasteiger partial charge < -0.3 is 15.6 Å². The Labute approximate surface area is 105 Å². The van der Waals surface area contributed by atoms with Crippen LogP contribution in [-0.4, -0.2) is 24.2 Å². The second kappa shape index (κ2) is 5.89. The Morgan fingerprint density at radius 3 is 2.65 bits per heavy atom. The highest BCUT2D eigenvalue weighted by atomic mass is 35.5. The molecule has 94 valence electrons. The molecule has 5 heteroatoms. The van der Waals surface area contributed by atoms with E-state index in [2.05, 4.69) is 0 Å². The van der Waals surface area contributed by atoms with Crippen molar-refractivity contribution < 1.29 is 14.6 Å². The van der Waals surface area contributed by atoms with E-state index in [1.807, 2.05) is 13.0 Å². The third-order valence-corrected chi connectivity index (χ3v) is 2.91. The molecule has 0 amide bonds. The third-order valence-electron chi connectivity index (χ3n) is 2.61. The molecule has 0 bridgehead atoms. The summed E-state index contributed by atoms with van der Waals surface area (Å²) in [5.41, 5.74) is 7.38. The van der Waals surface area contributed by atoms with Gasteiger partial charge >= 0.3 is 5.97 Å². The van der Waals surface area contributed by atoms with Crippen LogP contribution >= 0.6 is 11.6 Å². The van der Waals surface area contributed by atoms with E-state index in [-0.39, 0.29) is 6.42 Å². The molecule has 17 heavy (non-hydrogen) atoms. The normalized spacial score (nSPS) is 12.2. The van der Waals surface area contributed by atoms with E-state index in [0.29, 0.717) is 10.8 Å². The molecule has 0 saturated heterocycles. The number of carboxylic acids is 1. The lowest BCUT2D eigenvalue weighted by Crippen LogP contribution is -2.32. The molecule has 0 spiro atoms. The lowest BCUT2D eigenvalue weighted by molar-refractivity contribution is -0.138. The summed E-state index contributed by atoms with van der Waals surface area (Å²) < 4.78 is 5.12. The fourth-order valence-corrected chi connectivity index (χ4v) is 1.90. The van der Waals surface area contributed by atoms with E-state index in [4.69, 9.17) is 27.2 Å². The van der Waals surface area contributed by atoms with Crippen LogP contribution in [0, 0.1) is 0 Å². The molecule has 1 atom stereocenters. The lowest BCUT2D eigenvalue weighted by atomic mass is 9.98. The number of carboxylic acid groups (broad SMARTS) is 1. The summed E-state index contributed by atoms with van der Waals surface area (Å²) >= 11 is 6.01. The Morgan fingerprint density at radius 2 is 2.18 bits per heavy atom. The van der Waals surface area contributed by atoms with E-state index in [1.54, 1.807) is 13.2 Å². The van der Waals surface area contributed by atoms with Gasteiger partial charge in [0.1, 0.15) is 11.8 Å². The highest BCUT2D eigenvalue weighted by Crippen LogP contribution is 2.29. The van der Waals surface area contributed by atoms with Gasteiger partial charge in [0.15, 0.2) is 0 Å². The summed E-state index contributed by atoms with van der Waals surface area (Å²) in [4.78, 5) is 10.7. The largest absolute Gasteiger partial charge is 0.495 e. The van der Waals surface area contributed by atoms with Crippen LogP contribution < -0.4 is 10.5 Å². The highest BCUT2D eigenvalue weighted by Gasteiger charge is 2.16. The van der Waals surface area contributed by atoms with Crippen LogP contribution in [0.4, 0.5) is 0 Å². The minimum Gasteiger partial charge on any atom is -0.495 e. The first-order valence-corrected chi connectivity index (χ1v) is 5.71. The molecule has 0 aromatic heterocycles. The molecule has 0 saturated carbocycles. The standard InChI is InChI=1S/C12H16ClNO3/c1-3-7-6-11(17-2)9(13)4-8(7)5-10(14)12(15)16/h4,6,10H,3,5,14H2,1-2H3,(H,15,16). The minimum absolute atomic E-state index is 0.266. The summed E-state index contributed by atoms with van der Waals surface area (Å²) in [5.74, 6) is -0.421. The Hall–Kier alpha value is -1.26. The molecular formula is C12H16ClNO3. The molecule has 0 aliphatic carbocycles. The van der Waals surface area contributed by atoms with Gasteiger partial charge in [0.05, 0.1) is 12.1 Å². The van der Waals surface area contributed by atoms with E-state index in [0.717, 1.165) is 17.5 Å². The van der Waals surface area contributed by atoms with Gasteiger partial charge in [-0.15, -0.1) is 0 Å². The summed E-state index contributed by atoms with van der Waals surface area (Å²) in [6.45, 7) is 1.98. The maximum atomic E-state index is 10.7. The number of hydrogen-bond donors (Lipinski definition) is 2. The predicted molar refractivity (Wildman–Crippen MR) is 66.7 cm³/mol. The number of carbonyl (C=O) groups is 1. The maximum absolute atomic E-state index is 10.7. The van der Waals surface area contributed by atoms with Crippen molar-refractivity contribution >= 4 is 17.6 Å². The quantitative estimate of drug-likeness (QED) is 0.845. The van der Waals surface area contributed by atoms with Gasteiger partial charge in [-0.3, -0.25) is 4.79 Å². The van der Waals surface area contributed by atoms with E-state index < -0.39 is 12.0 Å². The van der Waals surface area contributed by atoms with Gasteiger partial charge in [0, 0.05) is 0 Å². The Kier molecular flexibility index (Phi) is 4.78. The molecule has 0 fully saturated rings. The van der Waals surface area contributed by atoms with Crippen molar-refractivity contribution in [1.82, 2.24) is 0 Å². The van der Waals surface area contributed by atoms with Crippen molar-refractivity contribution in [3.63, 3.8) is 0 Å². The monoisotopic (exact) mass is 257 g/mol. The van der Waals surface area contributed by atoms with Gasteiger partial charge in [0.2, 0.25) is 0 Å². The number of hydrogen-bond acceptors (Lipinski definition) is 3. The van der Waals surface area contributed by atoms with Crippen LogP contribution in [0.2, 0.25) is 5.02 Å². The minimum atomic E-state index is -1.01. The first-order valence-electron chi connectivity index (χ1n) is 5.33. The van der Waals surface area contributed by atoms with Crippen molar-refractivity contribution in [3.05, 3.63) is 28.3 Å².